The molecular formula is C24H41NO5SSi. The minimum Gasteiger partial charge on any atom is -0.465 e. The van der Waals surface area contributed by atoms with Crippen molar-refractivity contribution in [3.63, 3.8) is 0 Å². The van der Waals surface area contributed by atoms with Crippen LogP contribution in [0.15, 0.2) is 35.2 Å². The molecule has 0 aliphatic carbocycles. The van der Waals surface area contributed by atoms with E-state index in [1.54, 1.807) is 37.3 Å². The molecule has 0 amide bonds. The third-order valence-corrected chi connectivity index (χ3v) is 14.7. The van der Waals surface area contributed by atoms with Gasteiger partial charge in [0.1, 0.15) is 0 Å². The van der Waals surface area contributed by atoms with Crippen molar-refractivity contribution in [2.75, 3.05) is 25.4 Å². The van der Waals surface area contributed by atoms with Gasteiger partial charge in [0.2, 0.25) is 8.32 Å². The van der Waals surface area contributed by atoms with E-state index in [2.05, 4.69) is 41.5 Å². The van der Waals surface area contributed by atoms with Crippen LogP contribution in [0.5, 0.6) is 0 Å². The summed E-state index contributed by atoms with van der Waals surface area (Å²) in [4.78, 5) is 14.5. The predicted molar refractivity (Wildman–Crippen MR) is 131 cm³/mol. The third kappa shape index (κ3) is 6.01. The van der Waals surface area contributed by atoms with E-state index in [4.69, 9.17) is 9.16 Å². The van der Waals surface area contributed by atoms with Crippen molar-refractivity contribution < 1.29 is 22.4 Å². The molecule has 6 nitrogen and oxygen atoms in total. The number of benzene rings is 1. The number of ether oxygens (including phenoxy) is 1. The Morgan fingerprint density at radius 2 is 1.62 bits per heavy atom. The van der Waals surface area contributed by atoms with Gasteiger partial charge in [-0.15, -0.1) is 0 Å². The first-order chi connectivity index (χ1) is 15.0. The second-order valence-electron chi connectivity index (χ2n) is 9.70. The third-order valence-electron chi connectivity index (χ3n) is 6.79. The molecule has 0 spiro atoms. The van der Waals surface area contributed by atoms with Crippen molar-refractivity contribution in [3.8, 4) is 0 Å². The van der Waals surface area contributed by atoms with Crippen LogP contribution >= 0.6 is 0 Å². The summed E-state index contributed by atoms with van der Waals surface area (Å²) in [5.41, 5.74) is 1.19. The second kappa shape index (κ2) is 11.3. The average molecular weight is 484 g/mol. The van der Waals surface area contributed by atoms with Gasteiger partial charge in [-0.05, 0) is 42.1 Å². The molecule has 2 atom stereocenters. The number of hydrogen-bond acceptors (Lipinski definition) is 6. The molecule has 0 N–H and O–H groups in total. The zero-order valence-corrected chi connectivity index (χ0v) is 22.5. The van der Waals surface area contributed by atoms with E-state index in [-0.39, 0.29) is 30.4 Å². The Morgan fingerprint density at radius 1 is 1.06 bits per heavy atom. The summed E-state index contributed by atoms with van der Waals surface area (Å²) < 4.78 is 38.7. The molecular weight excluding hydrogens is 442 g/mol. The quantitative estimate of drug-likeness (QED) is 0.337. The fourth-order valence-electron chi connectivity index (χ4n) is 5.42. The standard InChI is InChI=1S/C24H41NO5SSi/c1-8-29-24(26)16-25-15-14-23(30-32(18(2)3,19(4)5)20(6)7)22(25)17-31(27,28)21-12-10-9-11-13-21/h9-13,18-20,22-23H,8,14-17H2,1-7H3/t22-,23-/m1/s1. The van der Waals surface area contributed by atoms with Gasteiger partial charge >= 0.3 is 5.97 Å². The maximum absolute atomic E-state index is 13.3. The number of likely N-dealkylation sites (tertiary alicyclic amines) is 1. The minimum absolute atomic E-state index is 0.0696. The Hall–Kier alpha value is -1.22. The van der Waals surface area contributed by atoms with Crippen LogP contribution in [0.3, 0.4) is 0 Å². The normalized spacial score (nSPS) is 20.4. The van der Waals surface area contributed by atoms with E-state index in [1.165, 1.54) is 0 Å². The molecule has 0 unspecified atom stereocenters. The molecule has 1 saturated heterocycles. The number of sulfone groups is 1. The summed E-state index contributed by atoms with van der Waals surface area (Å²) in [7, 11) is -5.74. The summed E-state index contributed by atoms with van der Waals surface area (Å²) in [6.07, 6.45) is 0.497. The molecule has 0 bridgehead atoms. The molecule has 0 saturated carbocycles. The highest BCUT2D eigenvalue weighted by molar-refractivity contribution is 7.91. The topological polar surface area (TPSA) is 72.9 Å². The van der Waals surface area contributed by atoms with Gasteiger partial charge in [0.25, 0.3) is 0 Å². The lowest BCUT2D eigenvalue weighted by molar-refractivity contribution is -0.144. The first-order valence-corrected chi connectivity index (χ1v) is 15.6. The maximum Gasteiger partial charge on any atom is 0.320 e. The molecule has 1 aliphatic rings. The average Bonchev–Trinajstić information content (AvgIpc) is 3.06. The Bertz CT molecular complexity index is 819. The highest BCUT2D eigenvalue weighted by Gasteiger charge is 2.50. The number of carbonyl (C=O) groups excluding carboxylic acids is 1. The van der Waals surface area contributed by atoms with Crippen LogP contribution in [0, 0.1) is 0 Å². The first-order valence-electron chi connectivity index (χ1n) is 11.8. The summed E-state index contributed by atoms with van der Waals surface area (Å²) in [6.45, 7) is 16.2. The molecule has 8 heteroatoms. The highest BCUT2D eigenvalue weighted by Crippen LogP contribution is 2.44. The summed E-state index contributed by atoms with van der Waals surface area (Å²) in [6, 6.07) is 8.16. The Kier molecular flexibility index (Phi) is 9.52. The van der Waals surface area contributed by atoms with Crippen molar-refractivity contribution in [1.82, 2.24) is 4.90 Å². The van der Waals surface area contributed by atoms with Gasteiger partial charge in [-0.3, -0.25) is 9.69 Å². The summed E-state index contributed by atoms with van der Waals surface area (Å²) in [5.74, 6) is -0.393. The lowest BCUT2D eigenvalue weighted by Crippen LogP contribution is -2.54. The van der Waals surface area contributed by atoms with E-state index in [9.17, 15) is 13.2 Å². The fourth-order valence-corrected chi connectivity index (χ4v) is 12.7. The van der Waals surface area contributed by atoms with Gasteiger partial charge in [-0.2, -0.15) is 0 Å². The molecule has 0 radical (unpaired) electrons. The second-order valence-corrected chi connectivity index (χ2v) is 17.1. The van der Waals surface area contributed by atoms with Crippen molar-refractivity contribution in [3.05, 3.63) is 30.3 Å². The smallest absolute Gasteiger partial charge is 0.320 e. The molecule has 1 fully saturated rings. The zero-order chi connectivity index (χ0) is 24.1. The largest absolute Gasteiger partial charge is 0.465 e. The minimum atomic E-state index is -3.53. The SMILES string of the molecule is CCOC(=O)CN1CC[C@@H](O[Si](C(C)C)(C(C)C)C(C)C)[C@H]1CS(=O)(=O)c1ccccc1. The highest BCUT2D eigenvalue weighted by atomic mass is 32.2. The van der Waals surface area contributed by atoms with E-state index < -0.39 is 18.2 Å². The molecule has 182 valence electrons. The van der Waals surface area contributed by atoms with Crippen LogP contribution in [0.4, 0.5) is 0 Å². The predicted octanol–water partition coefficient (Wildman–Crippen LogP) is 4.66. The lowest BCUT2D eigenvalue weighted by atomic mass is 10.2. The molecule has 1 heterocycles. The van der Waals surface area contributed by atoms with E-state index in [1.807, 2.05) is 4.90 Å². The van der Waals surface area contributed by atoms with Crippen LogP contribution in [-0.2, 0) is 23.8 Å². The number of carbonyl (C=O) groups is 1. The monoisotopic (exact) mass is 483 g/mol. The number of nitrogens with zero attached hydrogens (tertiary/aromatic N) is 1. The van der Waals surface area contributed by atoms with Crippen LogP contribution in [0.2, 0.25) is 16.6 Å². The number of esters is 1. The maximum atomic E-state index is 13.3. The molecule has 1 aromatic carbocycles. The van der Waals surface area contributed by atoms with Crippen molar-refractivity contribution >= 4 is 24.1 Å². The van der Waals surface area contributed by atoms with Crippen LogP contribution < -0.4 is 0 Å². The van der Waals surface area contributed by atoms with Gasteiger partial charge in [0, 0.05) is 12.6 Å². The van der Waals surface area contributed by atoms with Gasteiger partial charge < -0.3 is 9.16 Å². The Morgan fingerprint density at radius 3 is 2.12 bits per heavy atom. The number of rotatable bonds is 11. The van der Waals surface area contributed by atoms with Crippen molar-refractivity contribution in [1.29, 1.82) is 0 Å². The summed E-state index contributed by atoms with van der Waals surface area (Å²) in [5, 5.41) is 0. The molecule has 1 aliphatic heterocycles. The van der Waals surface area contributed by atoms with E-state index >= 15 is 0 Å². The zero-order valence-electron chi connectivity index (χ0n) is 20.7. The Balaban J connectivity index is 2.39. The molecule has 0 aromatic heterocycles. The van der Waals surface area contributed by atoms with E-state index in [0.717, 1.165) is 6.42 Å². The van der Waals surface area contributed by atoms with Gasteiger partial charge in [0.05, 0.1) is 29.9 Å². The van der Waals surface area contributed by atoms with Gasteiger partial charge in [0.15, 0.2) is 9.84 Å². The van der Waals surface area contributed by atoms with E-state index in [0.29, 0.717) is 34.7 Å². The Labute approximate surface area is 195 Å². The fraction of sp³-hybridized carbons (Fsp3) is 0.708. The van der Waals surface area contributed by atoms with Crippen molar-refractivity contribution in [2.24, 2.45) is 0 Å². The van der Waals surface area contributed by atoms with Crippen LogP contribution in [0.1, 0.15) is 54.9 Å². The molecule has 2 rings (SSSR count). The molecule has 32 heavy (non-hydrogen) atoms. The molecule has 1 aromatic rings. The van der Waals surface area contributed by atoms with Crippen LogP contribution in [-0.4, -0.2) is 65.2 Å². The van der Waals surface area contributed by atoms with Crippen LogP contribution in [0.25, 0.3) is 0 Å². The first kappa shape index (κ1) is 27.0. The van der Waals surface area contributed by atoms with Crippen molar-refractivity contribution in [2.45, 2.75) is 88.6 Å². The lowest BCUT2D eigenvalue weighted by Gasteiger charge is -2.45. The van der Waals surface area contributed by atoms with Gasteiger partial charge in [-0.1, -0.05) is 59.7 Å². The van der Waals surface area contributed by atoms with Gasteiger partial charge in [-0.25, -0.2) is 8.42 Å². The number of hydrogen-bond donors (Lipinski definition) is 0. The summed E-state index contributed by atoms with van der Waals surface area (Å²) >= 11 is 0.